The molecule has 1 aliphatic rings. The summed E-state index contributed by atoms with van der Waals surface area (Å²) in [6.07, 6.45) is 4.49. The van der Waals surface area contributed by atoms with Gasteiger partial charge in [-0.2, -0.15) is 0 Å². The van der Waals surface area contributed by atoms with Gasteiger partial charge < -0.3 is 9.80 Å². The van der Waals surface area contributed by atoms with Crippen molar-refractivity contribution in [3.05, 3.63) is 71.2 Å². The van der Waals surface area contributed by atoms with Crippen LogP contribution in [0, 0.1) is 0 Å². The first kappa shape index (κ1) is 25.5. The number of fused-ring (bicyclic) bond motifs is 1. The van der Waals surface area contributed by atoms with Crippen molar-refractivity contribution in [2.24, 2.45) is 0 Å². The Kier molecular flexibility index (Phi) is 8.31. The Morgan fingerprint density at radius 3 is 2.54 bits per heavy atom. The topological polar surface area (TPSA) is 69.7 Å². The van der Waals surface area contributed by atoms with E-state index < -0.39 is 10.0 Å². The predicted octanol–water partition coefficient (Wildman–Crippen LogP) is 5.63. The Bertz CT molecular complexity index is 1300. The number of halogens is 1. The molecule has 3 aromatic rings. The van der Waals surface area contributed by atoms with Crippen LogP contribution in [0.4, 0.5) is 5.69 Å². The van der Waals surface area contributed by atoms with Gasteiger partial charge in [-0.05, 0) is 67.0 Å². The number of hydrogen-bond donors (Lipinski definition) is 1. The predicted molar refractivity (Wildman–Crippen MR) is 143 cm³/mol. The molecule has 4 rings (SSSR count). The van der Waals surface area contributed by atoms with Crippen LogP contribution in [0.1, 0.15) is 43.0 Å². The van der Waals surface area contributed by atoms with Gasteiger partial charge in [-0.1, -0.05) is 61.7 Å². The molecule has 3 aromatic carbocycles. The number of rotatable bonds is 8. The van der Waals surface area contributed by atoms with Crippen LogP contribution in [0.15, 0.2) is 65.6 Å². The first-order valence-corrected chi connectivity index (χ1v) is 14.1. The first-order chi connectivity index (χ1) is 16.9. The zero-order chi connectivity index (χ0) is 24.8. The Balaban J connectivity index is 1.48. The molecule has 0 bridgehead atoms. The number of carbonyl (C=O) groups excluding carboxylic acids is 1. The third kappa shape index (κ3) is 6.34. The molecule has 0 unspecified atom stereocenters. The number of anilines is 1. The fraction of sp³-hybridized carbons (Fsp3) is 0.370. The number of nitrogens with zero attached hydrogens (tertiary/aromatic N) is 2. The maximum absolute atomic E-state index is 13.3. The van der Waals surface area contributed by atoms with E-state index in [1.807, 2.05) is 29.2 Å². The molecule has 8 heteroatoms. The Morgan fingerprint density at radius 1 is 0.943 bits per heavy atom. The van der Waals surface area contributed by atoms with Gasteiger partial charge in [0.15, 0.2) is 0 Å². The van der Waals surface area contributed by atoms with Gasteiger partial charge in [-0.15, -0.1) is 0 Å². The minimum Gasteiger partial charge on any atom is -0.337 e. The van der Waals surface area contributed by atoms with Crippen LogP contribution in [-0.4, -0.2) is 56.8 Å². The van der Waals surface area contributed by atoms with E-state index in [0.29, 0.717) is 29.4 Å². The molecular weight excluding hydrogens is 482 g/mol. The molecule has 186 valence electrons. The molecule has 1 aliphatic heterocycles. The van der Waals surface area contributed by atoms with Gasteiger partial charge in [0.2, 0.25) is 0 Å². The SMILES string of the molecule is CCCCCN1CCCN(C(=O)c2cc(NS(=O)(=O)c3ccc4ccccc4c3)ccc2Cl)CC1. The summed E-state index contributed by atoms with van der Waals surface area (Å²) in [5.41, 5.74) is 0.617. The van der Waals surface area contributed by atoms with E-state index in [0.717, 1.165) is 36.8 Å². The number of hydrogen-bond acceptors (Lipinski definition) is 4. The fourth-order valence-electron chi connectivity index (χ4n) is 4.45. The van der Waals surface area contributed by atoms with Gasteiger partial charge >= 0.3 is 0 Å². The second kappa shape index (κ2) is 11.4. The highest BCUT2D eigenvalue weighted by Gasteiger charge is 2.23. The van der Waals surface area contributed by atoms with Crippen LogP contribution in [-0.2, 0) is 10.0 Å². The third-order valence-electron chi connectivity index (χ3n) is 6.43. The Labute approximate surface area is 212 Å². The number of sulfonamides is 1. The van der Waals surface area contributed by atoms with Crippen molar-refractivity contribution in [3.8, 4) is 0 Å². The monoisotopic (exact) mass is 513 g/mol. The molecule has 0 radical (unpaired) electrons. The maximum atomic E-state index is 13.3. The number of carbonyl (C=O) groups is 1. The molecule has 0 aromatic heterocycles. The largest absolute Gasteiger partial charge is 0.337 e. The van der Waals surface area contributed by atoms with E-state index in [9.17, 15) is 13.2 Å². The van der Waals surface area contributed by atoms with E-state index in [-0.39, 0.29) is 10.8 Å². The molecular formula is C27H32ClN3O3S. The summed E-state index contributed by atoms with van der Waals surface area (Å²) in [5.74, 6) is -0.169. The van der Waals surface area contributed by atoms with E-state index in [4.69, 9.17) is 11.6 Å². The summed E-state index contributed by atoms with van der Waals surface area (Å²) in [6, 6.07) is 17.3. The lowest BCUT2D eigenvalue weighted by Gasteiger charge is -2.22. The lowest BCUT2D eigenvalue weighted by atomic mass is 10.1. The van der Waals surface area contributed by atoms with Gasteiger partial charge in [0.25, 0.3) is 15.9 Å². The molecule has 35 heavy (non-hydrogen) atoms. The molecule has 1 saturated heterocycles. The molecule has 0 saturated carbocycles. The normalized spacial score (nSPS) is 15.2. The van der Waals surface area contributed by atoms with Crippen LogP contribution in [0.5, 0.6) is 0 Å². The van der Waals surface area contributed by atoms with Crippen LogP contribution >= 0.6 is 11.6 Å². The smallest absolute Gasteiger partial charge is 0.261 e. The summed E-state index contributed by atoms with van der Waals surface area (Å²) in [7, 11) is -3.83. The van der Waals surface area contributed by atoms with Gasteiger partial charge in [0.1, 0.15) is 0 Å². The van der Waals surface area contributed by atoms with Crippen LogP contribution in [0.3, 0.4) is 0 Å². The van der Waals surface area contributed by atoms with Crippen molar-refractivity contribution < 1.29 is 13.2 Å². The van der Waals surface area contributed by atoms with Crippen molar-refractivity contribution >= 4 is 44.0 Å². The number of nitrogens with one attached hydrogen (secondary N) is 1. The fourth-order valence-corrected chi connectivity index (χ4v) is 5.74. The van der Waals surface area contributed by atoms with Gasteiger partial charge in [0, 0.05) is 25.3 Å². The van der Waals surface area contributed by atoms with Crippen LogP contribution in [0.2, 0.25) is 5.02 Å². The highest BCUT2D eigenvalue weighted by Crippen LogP contribution is 2.26. The summed E-state index contributed by atoms with van der Waals surface area (Å²) in [5, 5.41) is 2.12. The van der Waals surface area contributed by atoms with Crippen molar-refractivity contribution in [2.75, 3.05) is 37.4 Å². The molecule has 0 aliphatic carbocycles. The second-order valence-corrected chi connectivity index (χ2v) is 11.1. The molecule has 1 heterocycles. The van der Waals surface area contributed by atoms with Crippen molar-refractivity contribution in [1.82, 2.24) is 9.80 Å². The zero-order valence-corrected chi connectivity index (χ0v) is 21.6. The minimum atomic E-state index is -3.83. The van der Waals surface area contributed by atoms with Gasteiger partial charge in [-0.3, -0.25) is 9.52 Å². The summed E-state index contributed by atoms with van der Waals surface area (Å²) < 4.78 is 28.7. The standard InChI is InChI=1S/C27H32ClN3O3S/c1-2-3-6-14-30-15-7-16-31(18-17-30)27(32)25-20-23(11-13-26(25)28)29-35(33,34)24-12-10-21-8-4-5-9-22(21)19-24/h4-5,8-13,19-20,29H,2-3,6-7,14-18H2,1H3. The van der Waals surface area contributed by atoms with Crippen molar-refractivity contribution in [3.63, 3.8) is 0 Å². The Morgan fingerprint density at radius 2 is 1.74 bits per heavy atom. The highest BCUT2D eigenvalue weighted by atomic mass is 35.5. The third-order valence-corrected chi connectivity index (χ3v) is 8.14. The number of amides is 1. The maximum Gasteiger partial charge on any atom is 0.261 e. The molecule has 0 spiro atoms. The summed E-state index contributed by atoms with van der Waals surface area (Å²) in [4.78, 5) is 17.7. The number of unbranched alkanes of at least 4 members (excludes halogenated alkanes) is 2. The number of benzene rings is 3. The lowest BCUT2D eigenvalue weighted by molar-refractivity contribution is 0.0761. The first-order valence-electron chi connectivity index (χ1n) is 12.2. The average Bonchev–Trinajstić information content (AvgIpc) is 3.10. The Hall–Kier alpha value is -2.61. The highest BCUT2D eigenvalue weighted by molar-refractivity contribution is 7.92. The molecule has 1 fully saturated rings. The molecule has 6 nitrogen and oxygen atoms in total. The van der Waals surface area contributed by atoms with E-state index in [1.165, 1.54) is 25.3 Å². The minimum absolute atomic E-state index is 0.162. The quantitative estimate of drug-likeness (QED) is 0.396. The average molecular weight is 514 g/mol. The van der Waals surface area contributed by atoms with Crippen LogP contribution < -0.4 is 4.72 Å². The van der Waals surface area contributed by atoms with Gasteiger partial charge in [-0.25, -0.2) is 8.42 Å². The second-order valence-electron chi connectivity index (χ2n) is 9.00. The zero-order valence-electron chi connectivity index (χ0n) is 20.0. The summed E-state index contributed by atoms with van der Waals surface area (Å²) >= 11 is 6.38. The van der Waals surface area contributed by atoms with E-state index in [2.05, 4.69) is 16.5 Å². The van der Waals surface area contributed by atoms with Crippen LogP contribution in [0.25, 0.3) is 10.8 Å². The van der Waals surface area contributed by atoms with E-state index >= 15 is 0 Å². The molecule has 0 atom stereocenters. The molecule has 1 amide bonds. The van der Waals surface area contributed by atoms with E-state index in [1.54, 1.807) is 30.3 Å². The molecule has 1 N–H and O–H groups in total. The summed E-state index contributed by atoms with van der Waals surface area (Å²) in [6.45, 7) is 6.36. The lowest BCUT2D eigenvalue weighted by Crippen LogP contribution is -2.35. The van der Waals surface area contributed by atoms with Crippen molar-refractivity contribution in [1.29, 1.82) is 0 Å². The van der Waals surface area contributed by atoms with Gasteiger partial charge in [0.05, 0.1) is 15.5 Å². The van der Waals surface area contributed by atoms with Crippen molar-refractivity contribution in [2.45, 2.75) is 37.5 Å².